The Morgan fingerprint density at radius 2 is 1.04 bits per heavy atom. The van der Waals surface area contributed by atoms with Gasteiger partial charge in [-0.3, -0.25) is 9.59 Å². The Labute approximate surface area is 146 Å². The van der Waals surface area contributed by atoms with Crippen LogP contribution in [0.1, 0.15) is 91.9 Å². The maximum Gasteiger partial charge on any atom is 0.240 e. The lowest BCUT2D eigenvalue weighted by Gasteiger charge is -2.03. The van der Waals surface area contributed by atoms with E-state index in [1.165, 1.54) is 0 Å². The molecule has 6 nitrogen and oxygen atoms in total. The second-order valence-corrected chi connectivity index (χ2v) is 6.18. The Kier molecular flexibility index (Phi) is 13.8. The monoisotopic (exact) mass is 338 g/mol. The quantitative estimate of drug-likeness (QED) is 0.303. The van der Waals surface area contributed by atoms with E-state index in [0.29, 0.717) is 25.7 Å². The van der Waals surface area contributed by atoms with E-state index in [2.05, 4.69) is 34.9 Å². The number of hydrazone groups is 2. The Morgan fingerprint density at radius 3 is 1.38 bits per heavy atom. The van der Waals surface area contributed by atoms with Crippen LogP contribution in [0.25, 0.3) is 0 Å². The number of nitrogens with one attached hydrogen (secondary N) is 2. The standard InChI is InChI=1S/C18H34N4O2/c1-5-7-11-15(3)19-21-17(23)13-9-10-14-18(24)22-20-16(4)12-8-6-2/h5-14H2,1-4H3,(H,21,23)(H,22,24)/b19-15+,20-16+. The first-order valence-electron chi connectivity index (χ1n) is 9.13. The van der Waals surface area contributed by atoms with Crippen LogP contribution < -0.4 is 10.9 Å². The van der Waals surface area contributed by atoms with Crippen molar-refractivity contribution in [2.24, 2.45) is 10.2 Å². The topological polar surface area (TPSA) is 82.9 Å². The van der Waals surface area contributed by atoms with Crippen molar-refractivity contribution in [3.05, 3.63) is 0 Å². The molecule has 6 heteroatoms. The molecular formula is C18H34N4O2. The second-order valence-electron chi connectivity index (χ2n) is 6.18. The number of unbranched alkanes of at least 4 members (excludes halogenated alkanes) is 3. The van der Waals surface area contributed by atoms with Crippen LogP contribution >= 0.6 is 0 Å². The highest BCUT2D eigenvalue weighted by Crippen LogP contribution is 2.01. The van der Waals surface area contributed by atoms with Gasteiger partial charge in [-0.15, -0.1) is 0 Å². The Morgan fingerprint density at radius 1 is 0.667 bits per heavy atom. The number of amides is 2. The highest BCUT2D eigenvalue weighted by atomic mass is 16.2. The first kappa shape index (κ1) is 22.3. The van der Waals surface area contributed by atoms with E-state index in [1.54, 1.807) is 0 Å². The number of nitrogens with zero attached hydrogens (tertiary/aromatic N) is 2. The molecule has 0 spiro atoms. The highest BCUT2D eigenvalue weighted by molar-refractivity contribution is 5.85. The zero-order chi connectivity index (χ0) is 18.2. The summed E-state index contributed by atoms with van der Waals surface area (Å²) in [6.07, 6.45) is 8.33. The van der Waals surface area contributed by atoms with Gasteiger partial charge < -0.3 is 0 Å². The molecule has 0 bridgehead atoms. The van der Waals surface area contributed by atoms with Crippen molar-refractivity contribution in [2.45, 2.75) is 91.9 Å². The van der Waals surface area contributed by atoms with Crippen molar-refractivity contribution in [2.75, 3.05) is 0 Å². The molecule has 0 rings (SSSR count). The fourth-order valence-electron chi connectivity index (χ4n) is 1.98. The van der Waals surface area contributed by atoms with Gasteiger partial charge >= 0.3 is 0 Å². The molecular weight excluding hydrogens is 304 g/mol. The molecule has 2 N–H and O–H groups in total. The van der Waals surface area contributed by atoms with E-state index < -0.39 is 0 Å². The molecule has 0 radical (unpaired) electrons. The van der Waals surface area contributed by atoms with Crippen molar-refractivity contribution < 1.29 is 9.59 Å². The zero-order valence-corrected chi connectivity index (χ0v) is 15.8. The van der Waals surface area contributed by atoms with Crippen LogP contribution in [0.4, 0.5) is 0 Å². The number of hydrogen-bond donors (Lipinski definition) is 2. The maximum absolute atomic E-state index is 11.6. The fraction of sp³-hybridized carbons (Fsp3) is 0.778. The lowest BCUT2D eigenvalue weighted by Crippen LogP contribution is -2.20. The Hall–Kier alpha value is -1.72. The fourth-order valence-corrected chi connectivity index (χ4v) is 1.98. The van der Waals surface area contributed by atoms with Gasteiger partial charge in [0.15, 0.2) is 0 Å². The SMILES string of the molecule is CCCC/C(C)=N/NC(=O)CCCCC(=O)N/N=C(\C)CCCC. The molecule has 0 fully saturated rings. The molecule has 0 aliphatic rings. The molecule has 24 heavy (non-hydrogen) atoms. The van der Waals surface area contributed by atoms with Crippen LogP contribution in [0.5, 0.6) is 0 Å². The number of carbonyl (C=O) groups excluding carboxylic acids is 2. The third kappa shape index (κ3) is 13.9. The third-order valence-electron chi connectivity index (χ3n) is 3.58. The van der Waals surface area contributed by atoms with Gasteiger partial charge in [0.2, 0.25) is 11.8 Å². The normalized spacial score (nSPS) is 12.2. The smallest absolute Gasteiger partial charge is 0.240 e. The largest absolute Gasteiger partial charge is 0.273 e. The average Bonchev–Trinajstić information content (AvgIpc) is 2.58. The van der Waals surface area contributed by atoms with Gasteiger partial charge in [-0.2, -0.15) is 10.2 Å². The van der Waals surface area contributed by atoms with Crippen LogP contribution in [0.15, 0.2) is 10.2 Å². The van der Waals surface area contributed by atoms with Gasteiger partial charge in [0.1, 0.15) is 0 Å². The summed E-state index contributed by atoms with van der Waals surface area (Å²) >= 11 is 0. The van der Waals surface area contributed by atoms with Gasteiger partial charge in [0.05, 0.1) is 0 Å². The molecule has 0 saturated carbocycles. The zero-order valence-electron chi connectivity index (χ0n) is 15.8. The summed E-state index contributed by atoms with van der Waals surface area (Å²) < 4.78 is 0. The molecule has 0 heterocycles. The molecule has 138 valence electrons. The molecule has 0 aromatic carbocycles. The molecule has 0 saturated heterocycles. The first-order chi connectivity index (χ1) is 11.5. The third-order valence-corrected chi connectivity index (χ3v) is 3.58. The molecule has 0 aliphatic heterocycles. The summed E-state index contributed by atoms with van der Waals surface area (Å²) in [6.45, 7) is 8.09. The maximum atomic E-state index is 11.6. The number of rotatable bonds is 13. The Bertz CT molecular complexity index is 391. The van der Waals surface area contributed by atoms with Gasteiger partial charge in [0.25, 0.3) is 0 Å². The van der Waals surface area contributed by atoms with Gasteiger partial charge in [0, 0.05) is 24.3 Å². The summed E-state index contributed by atoms with van der Waals surface area (Å²) in [5.41, 5.74) is 7.02. The van der Waals surface area contributed by atoms with E-state index in [4.69, 9.17) is 0 Å². The van der Waals surface area contributed by atoms with E-state index in [1.807, 2.05) is 13.8 Å². The highest BCUT2D eigenvalue weighted by Gasteiger charge is 2.04. The van der Waals surface area contributed by atoms with E-state index in [-0.39, 0.29) is 11.8 Å². The summed E-state index contributed by atoms with van der Waals surface area (Å²) in [5.74, 6) is -0.195. The lowest BCUT2D eigenvalue weighted by molar-refractivity contribution is -0.123. The second kappa shape index (κ2) is 14.8. The number of hydrogen-bond acceptors (Lipinski definition) is 4. The molecule has 0 aromatic rings. The molecule has 0 unspecified atom stereocenters. The van der Waals surface area contributed by atoms with Crippen molar-refractivity contribution >= 4 is 23.2 Å². The van der Waals surface area contributed by atoms with Gasteiger partial charge in [-0.1, -0.05) is 26.7 Å². The minimum Gasteiger partial charge on any atom is -0.273 e. The van der Waals surface area contributed by atoms with E-state index >= 15 is 0 Å². The van der Waals surface area contributed by atoms with E-state index in [0.717, 1.165) is 49.9 Å². The van der Waals surface area contributed by atoms with Crippen molar-refractivity contribution in [3.8, 4) is 0 Å². The van der Waals surface area contributed by atoms with Crippen molar-refractivity contribution in [1.82, 2.24) is 10.9 Å². The van der Waals surface area contributed by atoms with Crippen LogP contribution in [0.2, 0.25) is 0 Å². The van der Waals surface area contributed by atoms with E-state index in [9.17, 15) is 9.59 Å². The predicted octanol–water partition coefficient (Wildman–Crippen LogP) is 3.91. The van der Waals surface area contributed by atoms with Crippen molar-refractivity contribution in [1.29, 1.82) is 0 Å². The summed E-state index contributed by atoms with van der Waals surface area (Å²) in [4.78, 5) is 23.3. The lowest BCUT2D eigenvalue weighted by atomic mass is 10.2. The minimum absolute atomic E-state index is 0.0975. The summed E-state index contributed by atoms with van der Waals surface area (Å²) in [5, 5.41) is 8.14. The molecule has 0 aromatic heterocycles. The molecule has 2 amide bonds. The Balaban J connectivity index is 3.77. The van der Waals surface area contributed by atoms with Crippen molar-refractivity contribution in [3.63, 3.8) is 0 Å². The van der Waals surface area contributed by atoms with Crippen LogP contribution in [-0.2, 0) is 9.59 Å². The summed E-state index contributed by atoms with van der Waals surface area (Å²) in [6, 6.07) is 0. The molecule has 0 atom stereocenters. The number of carbonyl (C=O) groups is 2. The molecule has 0 aliphatic carbocycles. The van der Waals surface area contributed by atoms with Gasteiger partial charge in [-0.25, -0.2) is 10.9 Å². The average molecular weight is 338 g/mol. The summed E-state index contributed by atoms with van der Waals surface area (Å²) in [7, 11) is 0. The minimum atomic E-state index is -0.0975. The van der Waals surface area contributed by atoms with Crippen LogP contribution in [-0.4, -0.2) is 23.2 Å². The van der Waals surface area contributed by atoms with Crippen LogP contribution in [0, 0.1) is 0 Å². The first-order valence-corrected chi connectivity index (χ1v) is 9.13. The van der Waals surface area contributed by atoms with Gasteiger partial charge in [-0.05, 0) is 52.4 Å². The van der Waals surface area contributed by atoms with Crippen LogP contribution in [0.3, 0.4) is 0 Å². The predicted molar refractivity (Wildman–Crippen MR) is 100 cm³/mol.